The van der Waals surface area contributed by atoms with Crippen LogP contribution in [0.3, 0.4) is 0 Å². The Balaban J connectivity index is 1.31. The van der Waals surface area contributed by atoms with E-state index in [1.165, 1.54) is 29.7 Å². The number of thiazole rings is 1. The van der Waals surface area contributed by atoms with E-state index in [9.17, 15) is 18.0 Å². The van der Waals surface area contributed by atoms with E-state index in [1.807, 2.05) is 30.3 Å². The van der Waals surface area contributed by atoms with Crippen molar-refractivity contribution in [3.05, 3.63) is 71.7 Å². The van der Waals surface area contributed by atoms with Gasteiger partial charge in [0.25, 0.3) is 10.0 Å². The number of ketones is 1. The number of aromatic nitrogens is 1. The minimum absolute atomic E-state index is 0.0889. The van der Waals surface area contributed by atoms with Gasteiger partial charge in [-0.1, -0.05) is 30.3 Å². The molecule has 1 saturated carbocycles. The average molecular weight is 470 g/mol. The van der Waals surface area contributed by atoms with Gasteiger partial charge in [0.2, 0.25) is 5.91 Å². The molecule has 9 heteroatoms. The van der Waals surface area contributed by atoms with Crippen LogP contribution in [0.4, 0.5) is 10.8 Å². The zero-order chi connectivity index (χ0) is 22.6. The number of benzene rings is 2. The summed E-state index contributed by atoms with van der Waals surface area (Å²) in [6.45, 7) is 0. The van der Waals surface area contributed by atoms with Gasteiger partial charge in [0, 0.05) is 35.2 Å². The van der Waals surface area contributed by atoms with Gasteiger partial charge in [-0.25, -0.2) is 13.4 Å². The van der Waals surface area contributed by atoms with Crippen LogP contribution in [0.5, 0.6) is 0 Å². The van der Waals surface area contributed by atoms with E-state index in [4.69, 9.17) is 0 Å². The normalized spacial score (nSPS) is 18.2. The van der Waals surface area contributed by atoms with Gasteiger partial charge in [-0.15, -0.1) is 11.3 Å². The third-order valence-electron chi connectivity index (χ3n) is 5.57. The molecule has 1 aliphatic rings. The van der Waals surface area contributed by atoms with Crippen molar-refractivity contribution in [3.8, 4) is 0 Å². The number of hydrogen-bond acceptors (Lipinski definition) is 6. The number of amides is 1. The number of sulfonamides is 1. The van der Waals surface area contributed by atoms with Gasteiger partial charge in [0.05, 0.1) is 4.90 Å². The smallest absolute Gasteiger partial charge is 0.263 e. The SMILES string of the molecule is O=C(C[C@H]1CC[C@@H](C(=O)Nc2ccc(S(=O)(=O)Nc3nccs3)cc2)C1)c1ccccc1. The number of hydrogen-bond donors (Lipinski definition) is 2. The van der Waals surface area contributed by atoms with Crippen LogP contribution in [-0.2, 0) is 14.8 Å². The molecule has 4 rings (SSSR count). The van der Waals surface area contributed by atoms with Crippen molar-refractivity contribution in [3.63, 3.8) is 0 Å². The minimum Gasteiger partial charge on any atom is -0.326 e. The molecular formula is C23H23N3O4S2. The molecule has 0 radical (unpaired) electrons. The Kier molecular flexibility index (Phi) is 6.66. The first-order chi connectivity index (χ1) is 15.4. The van der Waals surface area contributed by atoms with E-state index >= 15 is 0 Å². The number of nitrogens with one attached hydrogen (secondary N) is 2. The van der Waals surface area contributed by atoms with Crippen LogP contribution < -0.4 is 10.0 Å². The maximum absolute atomic E-state index is 12.7. The van der Waals surface area contributed by atoms with Gasteiger partial charge in [-0.2, -0.15) is 0 Å². The summed E-state index contributed by atoms with van der Waals surface area (Å²) in [6, 6.07) is 15.2. The van der Waals surface area contributed by atoms with Gasteiger partial charge in [0.15, 0.2) is 10.9 Å². The Labute approximate surface area is 191 Å². The first-order valence-corrected chi connectivity index (χ1v) is 12.7. The van der Waals surface area contributed by atoms with Crippen LogP contribution >= 0.6 is 11.3 Å². The van der Waals surface area contributed by atoms with Crippen LogP contribution in [0.25, 0.3) is 0 Å². The van der Waals surface area contributed by atoms with Crippen LogP contribution in [0.1, 0.15) is 36.0 Å². The van der Waals surface area contributed by atoms with Crippen molar-refractivity contribution in [1.29, 1.82) is 0 Å². The summed E-state index contributed by atoms with van der Waals surface area (Å²) >= 11 is 1.19. The molecule has 1 aliphatic carbocycles. The van der Waals surface area contributed by atoms with Gasteiger partial charge >= 0.3 is 0 Å². The highest BCUT2D eigenvalue weighted by molar-refractivity contribution is 7.93. The number of rotatable bonds is 8. The summed E-state index contributed by atoms with van der Waals surface area (Å²) in [4.78, 5) is 29.1. The molecule has 3 aromatic rings. The molecule has 1 aromatic heterocycles. The van der Waals surface area contributed by atoms with Gasteiger partial charge in [-0.3, -0.25) is 14.3 Å². The number of carbonyl (C=O) groups excluding carboxylic acids is 2. The lowest BCUT2D eigenvalue weighted by atomic mass is 9.95. The fourth-order valence-electron chi connectivity index (χ4n) is 3.91. The maximum Gasteiger partial charge on any atom is 0.263 e. The first kappa shape index (κ1) is 22.2. The molecule has 2 atom stereocenters. The molecule has 0 bridgehead atoms. The lowest BCUT2D eigenvalue weighted by Crippen LogP contribution is -2.21. The second kappa shape index (κ2) is 9.62. The molecule has 1 amide bonds. The summed E-state index contributed by atoms with van der Waals surface area (Å²) in [6.07, 6.45) is 4.23. The molecule has 2 N–H and O–H groups in total. The number of anilines is 2. The summed E-state index contributed by atoms with van der Waals surface area (Å²) in [5.74, 6) is 0.0532. The van der Waals surface area contributed by atoms with Gasteiger partial charge in [-0.05, 0) is 49.4 Å². The second-order valence-corrected chi connectivity index (χ2v) is 10.4. The standard InChI is InChI=1S/C23H23N3O4S2/c27-21(17-4-2-1-3-5-17)15-16-6-7-18(14-16)22(28)25-19-8-10-20(11-9-19)32(29,30)26-23-24-12-13-31-23/h1-5,8-13,16,18H,6-7,14-15H2,(H,24,26)(H,25,28)/t16-,18+/m0/s1. The minimum atomic E-state index is -3.73. The lowest BCUT2D eigenvalue weighted by Gasteiger charge is -2.12. The van der Waals surface area contributed by atoms with Gasteiger partial charge < -0.3 is 5.32 Å². The van der Waals surface area contributed by atoms with E-state index in [0.29, 0.717) is 29.2 Å². The van der Waals surface area contributed by atoms with Gasteiger partial charge in [0.1, 0.15) is 0 Å². The Bertz CT molecular complexity index is 1180. The largest absolute Gasteiger partial charge is 0.326 e. The Morgan fingerprint density at radius 2 is 1.78 bits per heavy atom. The molecule has 0 saturated heterocycles. The van der Waals surface area contributed by atoms with Crippen molar-refractivity contribution in [2.45, 2.75) is 30.6 Å². The summed E-state index contributed by atoms with van der Waals surface area (Å²) in [5, 5.41) is 4.84. The van der Waals surface area contributed by atoms with E-state index in [2.05, 4.69) is 15.0 Å². The first-order valence-electron chi connectivity index (χ1n) is 10.3. The Morgan fingerprint density at radius 1 is 1.03 bits per heavy atom. The molecular weight excluding hydrogens is 446 g/mol. The zero-order valence-electron chi connectivity index (χ0n) is 17.2. The molecule has 0 aliphatic heterocycles. The Hall–Kier alpha value is -3.04. The molecule has 166 valence electrons. The van der Waals surface area contributed by atoms with Crippen LogP contribution in [0.2, 0.25) is 0 Å². The molecule has 0 unspecified atom stereocenters. The zero-order valence-corrected chi connectivity index (χ0v) is 18.9. The van der Waals surface area contributed by atoms with Crippen molar-refractivity contribution in [2.75, 3.05) is 10.0 Å². The highest BCUT2D eigenvalue weighted by Crippen LogP contribution is 2.34. The van der Waals surface area contributed by atoms with Crippen LogP contribution in [0.15, 0.2) is 71.1 Å². The summed E-state index contributed by atoms with van der Waals surface area (Å²) < 4.78 is 27.2. The fourth-order valence-corrected chi connectivity index (χ4v) is 5.70. The number of carbonyl (C=O) groups is 2. The molecule has 1 heterocycles. The third kappa shape index (κ3) is 5.41. The maximum atomic E-state index is 12.7. The Morgan fingerprint density at radius 3 is 2.47 bits per heavy atom. The molecule has 2 aromatic carbocycles. The highest BCUT2D eigenvalue weighted by Gasteiger charge is 2.31. The van der Waals surface area contributed by atoms with Crippen molar-refractivity contribution in [1.82, 2.24) is 4.98 Å². The average Bonchev–Trinajstić information content (AvgIpc) is 3.47. The van der Waals surface area contributed by atoms with E-state index in [1.54, 1.807) is 17.5 Å². The molecule has 0 spiro atoms. The van der Waals surface area contributed by atoms with E-state index in [-0.39, 0.29) is 28.4 Å². The second-order valence-electron chi connectivity index (χ2n) is 7.83. The van der Waals surface area contributed by atoms with E-state index in [0.717, 1.165) is 12.8 Å². The lowest BCUT2D eigenvalue weighted by molar-refractivity contribution is -0.119. The van der Waals surface area contributed by atoms with E-state index < -0.39 is 10.0 Å². The summed E-state index contributed by atoms with van der Waals surface area (Å²) in [7, 11) is -3.73. The predicted octanol–water partition coefficient (Wildman–Crippen LogP) is 4.57. The topological polar surface area (TPSA) is 105 Å². The molecule has 1 fully saturated rings. The predicted molar refractivity (Wildman–Crippen MR) is 124 cm³/mol. The van der Waals surface area contributed by atoms with Crippen LogP contribution in [-0.4, -0.2) is 25.1 Å². The number of nitrogens with zero attached hydrogens (tertiary/aromatic N) is 1. The van der Waals surface area contributed by atoms with Crippen molar-refractivity contribution >= 4 is 43.9 Å². The highest BCUT2D eigenvalue weighted by atomic mass is 32.2. The quantitative estimate of drug-likeness (QED) is 0.470. The van der Waals surface area contributed by atoms with Crippen molar-refractivity contribution in [2.24, 2.45) is 11.8 Å². The number of Topliss-reactive ketones (excluding diaryl/α,β-unsaturated/α-hetero) is 1. The summed E-state index contributed by atoms with van der Waals surface area (Å²) in [5.41, 5.74) is 1.24. The third-order valence-corrected chi connectivity index (χ3v) is 7.74. The molecule has 7 nitrogen and oxygen atoms in total. The monoisotopic (exact) mass is 469 g/mol. The van der Waals surface area contributed by atoms with Crippen LogP contribution in [0, 0.1) is 11.8 Å². The van der Waals surface area contributed by atoms with Crippen molar-refractivity contribution < 1.29 is 18.0 Å². The fraction of sp³-hybridized carbons (Fsp3) is 0.261. The molecule has 32 heavy (non-hydrogen) atoms.